The zero-order chi connectivity index (χ0) is 12.4. The molecule has 0 fully saturated rings. The van der Waals surface area contributed by atoms with Gasteiger partial charge in [0.05, 0.1) is 11.9 Å². The van der Waals surface area contributed by atoms with Gasteiger partial charge in [-0.2, -0.15) is 5.10 Å². The molecule has 0 atom stereocenters. The van der Waals surface area contributed by atoms with Gasteiger partial charge >= 0.3 is 5.97 Å². The Bertz CT molecular complexity index is 636. The van der Waals surface area contributed by atoms with Crippen molar-refractivity contribution in [3.8, 4) is 0 Å². The lowest BCUT2D eigenvalue weighted by atomic mass is 10.1. The van der Waals surface area contributed by atoms with Crippen LogP contribution < -0.4 is 5.56 Å². The molecule has 0 bridgehead atoms. The first kappa shape index (κ1) is 11.3. The van der Waals surface area contributed by atoms with Crippen molar-refractivity contribution in [3.63, 3.8) is 0 Å². The number of nitrogens with zero attached hydrogens (tertiary/aromatic N) is 2. The predicted molar refractivity (Wildman–Crippen MR) is 58.9 cm³/mol. The van der Waals surface area contributed by atoms with Gasteiger partial charge in [-0.15, -0.1) is 0 Å². The average molecular weight is 236 g/mol. The van der Waals surface area contributed by atoms with E-state index < -0.39 is 18.2 Å². The molecule has 0 aliphatic rings. The smallest absolute Gasteiger partial charge is 0.357 e. The van der Waals surface area contributed by atoms with E-state index in [0.29, 0.717) is 0 Å². The number of benzene rings is 1. The number of carbonyl (C=O) groups is 1. The molecule has 1 N–H and O–H groups in total. The topological polar surface area (TPSA) is 72.2 Å². The monoisotopic (exact) mass is 236 g/mol. The number of aryl methyl sites for hydroxylation is 1. The first-order valence-corrected chi connectivity index (χ1v) is 4.94. The van der Waals surface area contributed by atoms with Crippen molar-refractivity contribution < 1.29 is 14.3 Å². The fourth-order valence-electron chi connectivity index (χ4n) is 1.62. The van der Waals surface area contributed by atoms with Crippen molar-refractivity contribution in [3.05, 3.63) is 40.3 Å². The summed E-state index contributed by atoms with van der Waals surface area (Å²) in [5, 5.41) is 13.1. The Kier molecular flexibility index (Phi) is 2.86. The summed E-state index contributed by atoms with van der Waals surface area (Å²) in [7, 11) is 0. The molecule has 1 aromatic carbocycles. The van der Waals surface area contributed by atoms with Gasteiger partial charge in [0.15, 0.2) is 5.69 Å². The van der Waals surface area contributed by atoms with Crippen LogP contribution in [0, 0.1) is 0 Å². The molecule has 17 heavy (non-hydrogen) atoms. The molecular formula is C11H9FN2O3. The summed E-state index contributed by atoms with van der Waals surface area (Å²) in [5.41, 5.74) is -0.725. The summed E-state index contributed by atoms with van der Waals surface area (Å²) in [6.45, 7) is -1.02. The molecule has 0 aliphatic carbocycles. The first-order valence-electron chi connectivity index (χ1n) is 4.94. The molecule has 1 heterocycles. The molecule has 2 rings (SSSR count). The summed E-state index contributed by atoms with van der Waals surface area (Å²) in [6.07, 6.45) is 0. The first-order chi connectivity index (χ1) is 8.15. The highest BCUT2D eigenvalue weighted by Crippen LogP contribution is 2.12. The average Bonchev–Trinajstić information content (AvgIpc) is 2.32. The van der Waals surface area contributed by atoms with Crippen LogP contribution in [-0.4, -0.2) is 27.5 Å². The highest BCUT2D eigenvalue weighted by Gasteiger charge is 2.14. The molecule has 0 saturated carbocycles. The van der Waals surface area contributed by atoms with Crippen LogP contribution >= 0.6 is 0 Å². The minimum absolute atomic E-state index is 0.230. The number of carboxylic acid groups (broad SMARTS) is 1. The van der Waals surface area contributed by atoms with Crippen LogP contribution in [0.25, 0.3) is 10.8 Å². The van der Waals surface area contributed by atoms with Crippen LogP contribution in [0.2, 0.25) is 0 Å². The van der Waals surface area contributed by atoms with Crippen molar-refractivity contribution in [2.75, 3.05) is 6.67 Å². The molecule has 1 aromatic heterocycles. The SMILES string of the molecule is O=C(O)c1nn(CCF)c(=O)c2ccccc12. The van der Waals surface area contributed by atoms with Crippen LogP contribution in [0.5, 0.6) is 0 Å². The van der Waals surface area contributed by atoms with E-state index in [1.165, 1.54) is 12.1 Å². The van der Waals surface area contributed by atoms with E-state index in [0.717, 1.165) is 4.68 Å². The number of fused-ring (bicyclic) bond motifs is 1. The Morgan fingerprint density at radius 1 is 1.35 bits per heavy atom. The number of carboxylic acids is 1. The zero-order valence-corrected chi connectivity index (χ0v) is 8.76. The molecule has 0 unspecified atom stereocenters. The lowest BCUT2D eigenvalue weighted by molar-refractivity contribution is 0.0689. The minimum atomic E-state index is -1.24. The molecule has 0 radical (unpaired) electrons. The Labute approximate surface area is 95.1 Å². The number of alkyl halides is 1. The molecule has 0 amide bonds. The van der Waals surface area contributed by atoms with E-state index in [9.17, 15) is 14.0 Å². The van der Waals surface area contributed by atoms with Crippen LogP contribution in [0.4, 0.5) is 4.39 Å². The number of rotatable bonds is 3. The van der Waals surface area contributed by atoms with Gasteiger partial charge in [-0.25, -0.2) is 13.9 Å². The lowest BCUT2D eigenvalue weighted by Crippen LogP contribution is -2.26. The molecule has 0 spiro atoms. The van der Waals surface area contributed by atoms with Gasteiger partial charge in [0.1, 0.15) is 6.67 Å². The number of hydrogen-bond donors (Lipinski definition) is 1. The fraction of sp³-hybridized carbons (Fsp3) is 0.182. The largest absolute Gasteiger partial charge is 0.476 e. The third-order valence-electron chi connectivity index (χ3n) is 2.37. The maximum absolute atomic E-state index is 12.2. The van der Waals surface area contributed by atoms with Crippen molar-refractivity contribution in [2.24, 2.45) is 0 Å². The van der Waals surface area contributed by atoms with E-state index in [1.807, 2.05) is 0 Å². The summed E-state index contributed by atoms with van der Waals surface area (Å²) in [6, 6.07) is 6.25. The molecule has 2 aromatic rings. The minimum Gasteiger partial charge on any atom is -0.476 e. The summed E-state index contributed by atoms with van der Waals surface area (Å²) in [4.78, 5) is 22.8. The van der Waals surface area contributed by atoms with E-state index >= 15 is 0 Å². The normalized spacial score (nSPS) is 10.6. The maximum Gasteiger partial charge on any atom is 0.357 e. The summed E-state index contributed by atoms with van der Waals surface area (Å²) >= 11 is 0. The van der Waals surface area contributed by atoms with Gasteiger partial charge in [-0.3, -0.25) is 4.79 Å². The van der Waals surface area contributed by atoms with Gasteiger partial charge < -0.3 is 5.11 Å². The second-order valence-corrected chi connectivity index (χ2v) is 3.42. The molecule has 6 heteroatoms. The van der Waals surface area contributed by atoms with Crippen molar-refractivity contribution in [1.29, 1.82) is 0 Å². The standard InChI is InChI=1S/C11H9FN2O3/c12-5-6-14-10(15)8-4-2-1-3-7(8)9(13-14)11(16)17/h1-4H,5-6H2,(H,16,17). The Morgan fingerprint density at radius 2 is 2.00 bits per heavy atom. The van der Waals surface area contributed by atoms with Crippen LogP contribution in [-0.2, 0) is 6.54 Å². The number of aromatic carboxylic acids is 1. The number of halogens is 1. The maximum atomic E-state index is 12.2. The number of hydrogen-bond acceptors (Lipinski definition) is 3. The predicted octanol–water partition coefficient (Wildman–Crippen LogP) is 1.06. The Hall–Kier alpha value is -2.24. The highest BCUT2D eigenvalue weighted by molar-refractivity contribution is 6.01. The van der Waals surface area contributed by atoms with E-state index in [2.05, 4.69) is 5.10 Å². The summed E-state index contributed by atoms with van der Waals surface area (Å²) < 4.78 is 13.1. The number of aromatic nitrogens is 2. The fourth-order valence-corrected chi connectivity index (χ4v) is 1.62. The quantitative estimate of drug-likeness (QED) is 0.865. The second kappa shape index (κ2) is 4.32. The summed E-state index contributed by atoms with van der Waals surface area (Å²) in [5.74, 6) is -1.24. The van der Waals surface area contributed by atoms with Gasteiger partial charge in [-0.05, 0) is 6.07 Å². The molecule has 0 aliphatic heterocycles. The van der Waals surface area contributed by atoms with Crippen LogP contribution in [0.3, 0.4) is 0 Å². The molecular weight excluding hydrogens is 227 g/mol. The lowest BCUT2D eigenvalue weighted by Gasteiger charge is -2.06. The van der Waals surface area contributed by atoms with Crippen molar-refractivity contribution in [1.82, 2.24) is 9.78 Å². The van der Waals surface area contributed by atoms with Crippen LogP contribution in [0.15, 0.2) is 29.1 Å². The second-order valence-electron chi connectivity index (χ2n) is 3.42. The Morgan fingerprint density at radius 3 is 2.59 bits per heavy atom. The molecule has 5 nitrogen and oxygen atoms in total. The molecule has 88 valence electrons. The third kappa shape index (κ3) is 1.89. The zero-order valence-electron chi connectivity index (χ0n) is 8.76. The van der Waals surface area contributed by atoms with Gasteiger partial charge in [0, 0.05) is 5.39 Å². The Balaban J connectivity index is 2.85. The van der Waals surface area contributed by atoms with Crippen LogP contribution in [0.1, 0.15) is 10.5 Å². The van der Waals surface area contributed by atoms with Gasteiger partial charge in [-0.1, -0.05) is 18.2 Å². The van der Waals surface area contributed by atoms with Crippen molar-refractivity contribution in [2.45, 2.75) is 6.54 Å². The van der Waals surface area contributed by atoms with E-state index in [4.69, 9.17) is 5.11 Å². The van der Waals surface area contributed by atoms with Gasteiger partial charge in [0.2, 0.25) is 0 Å². The van der Waals surface area contributed by atoms with E-state index in [-0.39, 0.29) is 23.0 Å². The van der Waals surface area contributed by atoms with E-state index in [1.54, 1.807) is 12.1 Å². The highest BCUT2D eigenvalue weighted by atomic mass is 19.1. The third-order valence-corrected chi connectivity index (χ3v) is 2.37. The van der Waals surface area contributed by atoms with Gasteiger partial charge in [0.25, 0.3) is 5.56 Å². The van der Waals surface area contributed by atoms with Crippen molar-refractivity contribution >= 4 is 16.7 Å². The molecule has 0 saturated heterocycles.